The molecule has 0 atom stereocenters. The lowest BCUT2D eigenvalue weighted by atomic mass is 10.00. The highest BCUT2D eigenvalue weighted by Crippen LogP contribution is 2.46. The van der Waals surface area contributed by atoms with Gasteiger partial charge in [0.15, 0.2) is 0 Å². The third-order valence-electron chi connectivity index (χ3n) is 12.0. The molecule has 4 heteroatoms. The Labute approximate surface area is 325 Å². The molecule has 0 unspecified atom stereocenters. The molecule has 0 spiro atoms. The smallest absolute Gasteiger partial charge is 0.0656 e. The summed E-state index contributed by atoms with van der Waals surface area (Å²) in [4.78, 5) is 1.29. The van der Waals surface area contributed by atoms with E-state index in [9.17, 15) is 0 Å². The Kier molecular flexibility index (Phi) is 6.04. The third-order valence-corrected chi connectivity index (χ3v) is 13.2. The molecule has 13 aromatic rings. The molecule has 56 heavy (non-hydrogen) atoms. The van der Waals surface area contributed by atoms with Gasteiger partial charge in [-0.1, -0.05) is 109 Å². The molecule has 5 aromatic heterocycles. The zero-order chi connectivity index (χ0) is 36.5. The van der Waals surface area contributed by atoms with Crippen LogP contribution in [-0.4, -0.2) is 13.5 Å². The van der Waals surface area contributed by atoms with Crippen LogP contribution in [0.2, 0.25) is 0 Å². The zero-order valence-electron chi connectivity index (χ0n) is 30.1. The van der Waals surface area contributed by atoms with Crippen molar-refractivity contribution in [1.82, 2.24) is 13.5 Å². The van der Waals surface area contributed by atoms with Gasteiger partial charge >= 0.3 is 0 Å². The minimum absolute atomic E-state index is 1.17. The molecule has 8 aromatic carbocycles. The first-order chi connectivity index (χ1) is 27.8. The van der Waals surface area contributed by atoms with Crippen LogP contribution >= 0.6 is 11.3 Å². The van der Waals surface area contributed by atoms with Crippen molar-refractivity contribution in [2.75, 3.05) is 0 Å². The topological polar surface area (TPSA) is 14.3 Å². The number of benzene rings is 8. The van der Waals surface area contributed by atoms with E-state index in [1.807, 2.05) is 11.3 Å². The number of hydrogen-bond acceptors (Lipinski definition) is 1. The van der Waals surface area contributed by atoms with E-state index < -0.39 is 0 Å². The van der Waals surface area contributed by atoms with Crippen molar-refractivity contribution in [2.24, 2.45) is 0 Å². The lowest BCUT2D eigenvalue weighted by Gasteiger charge is -2.09. The van der Waals surface area contributed by atoms with Gasteiger partial charge in [0.05, 0.1) is 43.3 Å². The Morgan fingerprint density at radius 2 is 0.768 bits per heavy atom. The molecule has 5 heterocycles. The summed E-state index contributed by atoms with van der Waals surface area (Å²) in [7, 11) is 0. The van der Waals surface area contributed by atoms with E-state index in [4.69, 9.17) is 0 Å². The van der Waals surface area contributed by atoms with E-state index in [-0.39, 0.29) is 0 Å². The molecule has 0 fully saturated rings. The highest BCUT2D eigenvalue weighted by molar-refractivity contribution is 7.23. The number of fused-ring (bicyclic) bond motifs is 12. The van der Waals surface area contributed by atoms with Gasteiger partial charge in [-0.15, -0.1) is 11.3 Å². The number of hydrogen-bond donors (Lipinski definition) is 0. The highest BCUT2D eigenvalue weighted by Gasteiger charge is 2.21. The summed E-state index contributed by atoms with van der Waals surface area (Å²) in [5.41, 5.74) is 14.8. The Morgan fingerprint density at radius 1 is 0.304 bits per heavy atom. The van der Waals surface area contributed by atoms with Crippen molar-refractivity contribution >= 4 is 92.4 Å². The van der Waals surface area contributed by atoms with Crippen LogP contribution in [0.15, 0.2) is 188 Å². The molecule has 0 aliphatic heterocycles. The molecule has 0 saturated carbocycles. The molecular weight excluding hydrogens is 699 g/mol. The fraction of sp³-hybridized carbons (Fsp3) is 0. The first-order valence-corrected chi connectivity index (χ1v) is 20.0. The zero-order valence-corrected chi connectivity index (χ0v) is 31.0. The lowest BCUT2D eigenvalue weighted by molar-refractivity contribution is 1.18. The van der Waals surface area contributed by atoms with E-state index in [1.54, 1.807) is 0 Å². The summed E-state index contributed by atoms with van der Waals surface area (Å²) in [6.45, 7) is 0. The van der Waals surface area contributed by atoms with Gasteiger partial charge < -0.3 is 13.5 Å². The summed E-state index contributed by atoms with van der Waals surface area (Å²) in [5.74, 6) is 0. The van der Waals surface area contributed by atoms with Crippen molar-refractivity contribution in [3.8, 4) is 32.9 Å². The lowest BCUT2D eigenvalue weighted by Crippen LogP contribution is -1.93. The second-order valence-electron chi connectivity index (χ2n) is 14.9. The molecule has 0 aliphatic rings. The van der Waals surface area contributed by atoms with Crippen molar-refractivity contribution in [3.05, 3.63) is 188 Å². The predicted octanol–water partition coefficient (Wildman–Crippen LogP) is 14.4. The number of para-hydroxylation sites is 5. The Hall–Kier alpha value is -7.14. The number of aromatic nitrogens is 3. The molecule has 0 bridgehead atoms. The van der Waals surface area contributed by atoms with Crippen LogP contribution in [0.25, 0.3) is 114 Å². The largest absolute Gasteiger partial charge is 0.309 e. The molecule has 0 radical (unpaired) electrons. The van der Waals surface area contributed by atoms with Crippen LogP contribution in [-0.2, 0) is 0 Å². The van der Waals surface area contributed by atoms with Crippen LogP contribution < -0.4 is 0 Å². The summed E-state index contributed by atoms with van der Waals surface area (Å²) >= 11 is 1.91. The van der Waals surface area contributed by atoms with Crippen molar-refractivity contribution in [1.29, 1.82) is 0 Å². The average molecular weight is 730 g/mol. The minimum Gasteiger partial charge on any atom is -0.309 e. The van der Waals surface area contributed by atoms with Gasteiger partial charge in [-0.05, 0) is 95.6 Å². The normalized spacial score (nSPS) is 12.3. The van der Waals surface area contributed by atoms with E-state index >= 15 is 0 Å². The second kappa shape index (κ2) is 11.2. The molecule has 0 amide bonds. The average Bonchev–Trinajstić information content (AvgIpc) is 4.06. The van der Waals surface area contributed by atoms with Gasteiger partial charge in [0.25, 0.3) is 0 Å². The standard InChI is InChI=1S/C52H31N3S/c1-3-12-35(13-4-1)53-44-20-9-8-17-38(44)41-28-32(22-25-46(41)53)33-23-26-47-42(29-33)43-30-34(24-27-48(43)54(47)36-14-5-2-6-15-36)50-31-49-52(56-50)40-19-11-18-39-37-16-7-10-21-45(37)55(49)51(39)40/h1-31H. The maximum Gasteiger partial charge on any atom is 0.0656 e. The van der Waals surface area contributed by atoms with Crippen LogP contribution in [0, 0.1) is 0 Å². The van der Waals surface area contributed by atoms with Gasteiger partial charge in [-0.3, -0.25) is 0 Å². The van der Waals surface area contributed by atoms with E-state index in [2.05, 4.69) is 202 Å². The fourth-order valence-corrected chi connectivity index (χ4v) is 10.7. The molecule has 0 saturated heterocycles. The Bertz CT molecular complexity index is 3690. The maximum atomic E-state index is 2.48. The highest BCUT2D eigenvalue weighted by atomic mass is 32.1. The number of rotatable bonds is 4. The van der Waals surface area contributed by atoms with Gasteiger partial charge in [0.1, 0.15) is 0 Å². The van der Waals surface area contributed by atoms with Crippen LogP contribution in [0.4, 0.5) is 0 Å². The van der Waals surface area contributed by atoms with Crippen molar-refractivity contribution in [3.63, 3.8) is 0 Å². The third kappa shape index (κ3) is 4.06. The number of nitrogens with zero attached hydrogens (tertiary/aromatic N) is 3. The summed E-state index contributed by atoms with van der Waals surface area (Å²) in [6.07, 6.45) is 0. The molecule has 0 aliphatic carbocycles. The van der Waals surface area contributed by atoms with Crippen LogP contribution in [0.5, 0.6) is 0 Å². The molecule has 0 N–H and O–H groups in total. The van der Waals surface area contributed by atoms with E-state index in [0.29, 0.717) is 0 Å². The minimum atomic E-state index is 1.17. The maximum absolute atomic E-state index is 2.48. The van der Waals surface area contributed by atoms with Crippen molar-refractivity contribution < 1.29 is 0 Å². The van der Waals surface area contributed by atoms with E-state index in [1.165, 1.54) is 114 Å². The Morgan fingerprint density at radius 3 is 1.41 bits per heavy atom. The predicted molar refractivity (Wildman–Crippen MR) is 239 cm³/mol. The monoisotopic (exact) mass is 729 g/mol. The first kappa shape index (κ1) is 30.2. The number of thiophene rings is 1. The van der Waals surface area contributed by atoms with Gasteiger partial charge in [0.2, 0.25) is 0 Å². The molecular formula is C52H31N3S. The Balaban J connectivity index is 1.02. The van der Waals surface area contributed by atoms with Crippen LogP contribution in [0.1, 0.15) is 0 Å². The fourth-order valence-electron chi connectivity index (χ4n) is 9.55. The van der Waals surface area contributed by atoms with Crippen molar-refractivity contribution in [2.45, 2.75) is 0 Å². The first-order valence-electron chi connectivity index (χ1n) is 19.2. The summed E-state index contributed by atoms with van der Waals surface area (Å²) in [6, 6.07) is 69.2. The van der Waals surface area contributed by atoms with E-state index in [0.717, 1.165) is 0 Å². The summed E-state index contributed by atoms with van der Waals surface area (Å²) in [5, 5.41) is 9.01. The molecule has 260 valence electrons. The quantitative estimate of drug-likeness (QED) is 0.171. The van der Waals surface area contributed by atoms with Gasteiger partial charge in [0, 0.05) is 54.0 Å². The second-order valence-corrected chi connectivity index (χ2v) is 16.0. The van der Waals surface area contributed by atoms with Gasteiger partial charge in [-0.25, -0.2) is 0 Å². The molecule has 3 nitrogen and oxygen atoms in total. The molecule has 13 rings (SSSR count). The van der Waals surface area contributed by atoms with Gasteiger partial charge in [-0.2, -0.15) is 0 Å². The van der Waals surface area contributed by atoms with Crippen LogP contribution in [0.3, 0.4) is 0 Å². The summed E-state index contributed by atoms with van der Waals surface area (Å²) < 4.78 is 8.63. The SMILES string of the molecule is c1ccc(-n2c3ccccc3c3cc(-c4ccc5c(c4)c4cc(-c6cc7c(s6)c6cccc8c9ccccc9n7c86)ccc4n5-c4ccccc4)ccc32)cc1.